The zero-order valence-corrected chi connectivity index (χ0v) is 8.57. The monoisotopic (exact) mass is 194 g/mol. The summed E-state index contributed by atoms with van der Waals surface area (Å²) in [6, 6.07) is 3.25. The fourth-order valence-corrected chi connectivity index (χ4v) is 0.731. The topological polar surface area (TPSA) is 54.6 Å². The zero-order chi connectivity index (χ0) is 10.6. The molecule has 76 valence electrons. The molecule has 1 rings (SSSR count). The molecule has 1 heterocycles. The Kier molecular flexibility index (Phi) is 3.45. The number of amides is 1. The Morgan fingerprint density at radius 3 is 2.79 bits per heavy atom. The summed E-state index contributed by atoms with van der Waals surface area (Å²) in [4.78, 5) is 11.3. The highest BCUT2D eigenvalue weighted by Crippen LogP contribution is 2.00. The molecular formula is C10H14N2O2. The van der Waals surface area contributed by atoms with Crippen LogP contribution in [0, 0.1) is 5.92 Å². The molecular weight excluding hydrogens is 180 g/mol. The molecule has 0 fully saturated rings. The Labute approximate surface area is 83.0 Å². The lowest BCUT2D eigenvalue weighted by Gasteiger charge is -2.03. The second kappa shape index (κ2) is 4.60. The number of carbonyl (C=O) groups is 1. The summed E-state index contributed by atoms with van der Waals surface area (Å²) in [5, 5.41) is 3.94. The van der Waals surface area contributed by atoms with Crippen molar-refractivity contribution in [2.75, 3.05) is 0 Å². The molecule has 0 aliphatic heterocycles. The van der Waals surface area contributed by atoms with E-state index in [1.165, 1.54) is 6.26 Å². The SMILES string of the molecule is C/C(=N\NC(=O)c1ccco1)C(C)C. The Bertz CT molecular complexity index is 326. The average molecular weight is 194 g/mol. The number of rotatable bonds is 3. The van der Waals surface area contributed by atoms with Gasteiger partial charge in [0.15, 0.2) is 5.76 Å². The molecule has 14 heavy (non-hydrogen) atoms. The quantitative estimate of drug-likeness (QED) is 0.591. The van der Waals surface area contributed by atoms with E-state index >= 15 is 0 Å². The highest BCUT2D eigenvalue weighted by atomic mass is 16.3. The van der Waals surface area contributed by atoms with E-state index in [2.05, 4.69) is 10.5 Å². The molecule has 4 heteroatoms. The van der Waals surface area contributed by atoms with Crippen LogP contribution in [0.2, 0.25) is 0 Å². The third-order valence-electron chi connectivity index (χ3n) is 1.91. The minimum atomic E-state index is -0.324. The van der Waals surface area contributed by atoms with Crippen LogP contribution in [0.15, 0.2) is 27.9 Å². The fraction of sp³-hybridized carbons (Fsp3) is 0.400. The minimum Gasteiger partial charge on any atom is -0.459 e. The van der Waals surface area contributed by atoms with E-state index in [0.717, 1.165) is 5.71 Å². The first-order valence-electron chi connectivity index (χ1n) is 4.49. The van der Waals surface area contributed by atoms with Gasteiger partial charge in [-0.3, -0.25) is 4.79 Å². The number of hydrogen-bond donors (Lipinski definition) is 1. The van der Waals surface area contributed by atoms with Crippen LogP contribution in [0.25, 0.3) is 0 Å². The van der Waals surface area contributed by atoms with Crippen molar-refractivity contribution in [1.29, 1.82) is 0 Å². The van der Waals surface area contributed by atoms with Gasteiger partial charge in [-0.25, -0.2) is 5.43 Å². The molecule has 0 saturated carbocycles. The van der Waals surface area contributed by atoms with Gasteiger partial charge < -0.3 is 4.42 Å². The van der Waals surface area contributed by atoms with Crippen LogP contribution >= 0.6 is 0 Å². The smallest absolute Gasteiger partial charge is 0.307 e. The highest BCUT2D eigenvalue weighted by molar-refractivity contribution is 5.93. The molecule has 0 aliphatic rings. The molecule has 1 aromatic rings. The molecule has 0 atom stereocenters. The minimum absolute atomic E-state index is 0.269. The van der Waals surface area contributed by atoms with Gasteiger partial charge in [0.1, 0.15) is 0 Å². The van der Waals surface area contributed by atoms with E-state index in [0.29, 0.717) is 5.92 Å². The lowest BCUT2D eigenvalue weighted by molar-refractivity contribution is 0.0927. The Morgan fingerprint density at radius 1 is 1.57 bits per heavy atom. The first-order chi connectivity index (χ1) is 6.61. The van der Waals surface area contributed by atoms with Crippen molar-refractivity contribution < 1.29 is 9.21 Å². The molecule has 0 unspecified atom stereocenters. The predicted octanol–water partition coefficient (Wildman–Crippen LogP) is 2.04. The molecule has 1 aromatic heterocycles. The van der Waals surface area contributed by atoms with Gasteiger partial charge in [-0.05, 0) is 25.0 Å². The lowest BCUT2D eigenvalue weighted by Crippen LogP contribution is -2.19. The van der Waals surface area contributed by atoms with Crippen molar-refractivity contribution in [2.24, 2.45) is 11.0 Å². The van der Waals surface area contributed by atoms with Crippen molar-refractivity contribution in [3.05, 3.63) is 24.2 Å². The number of furan rings is 1. The Morgan fingerprint density at radius 2 is 2.29 bits per heavy atom. The fourth-order valence-electron chi connectivity index (χ4n) is 0.731. The number of nitrogens with zero attached hydrogens (tertiary/aromatic N) is 1. The van der Waals surface area contributed by atoms with Gasteiger partial charge in [0.25, 0.3) is 0 Å². The van der Waals surface area contributed by atoms with E-state index in [4.69, 9.17) is 4.42 Å². The first kappa shape index (κ1) is 10.5. The highest BCUT2D eigenvalue weighted by Gasteiger charge is 2.07. The summed E-state index contributed by atoms with van der Waals surface area (Å²) in [5.41, 5.74) is 3.30. The van der Waals surface area contributed by atoms with Crippen LogP contribution < -0.4 is 5.43 Å². The Balaban J connectivity index is 2.55. The summed E-state index contributed by atoms with van der Waals surface area (Å²) in [5.74, 6) is 0.271. The van der Waals surface area contributed by atoms with Crippen molar-refractivity contribution in [1.82, 2.24) is 5.43 Å². The standard InChI is InChI=1S/C10H14N2O2/c1-7(2)8(3)11-12-10(13)9-5-4-6-14-9/h4-7H,1-3H3,(H,12,13)/b11-8+. The normalized spacial score (nSPS) is 11.9. The first-order valence-corrected chi connectivity index (χ1v) is 4.49. The molecule has 0 spiro atoms. The number of hydrazone groups is 1. The summed E-state index contributed by atoms with van der Waals surface area (Å²) >= 11 is 0. The average Bonchev–Trinajstić information content (AvgIpc) is 2.66. The van der Waals surface area contributed by atoms with E-state index in [-0.39, 0.29) is 11.7 Å². The summed E-state index contributed by atoms with van der Waals surface area (Å²) in [7, 11) is 0. The summed E-state index contributed by atoms with van der Waals surface area (Å²) in [6.45, 7) is 5.89. The third-order valence-corrected chi connectivity index (χ3v) is 1.91. The van der Waals surface area contributed by atoms with E-state index in [1.54, 1.807) is 12.1 Å². The molecule has 1 amide bonds. The number of nitrogens with one attached hydrogen (secondary N) is 1. The lowest BCUT2D eigenvalue weighted by atomic mass is 10.1. The van der Waals surface area contributed by atoms with Crippen LogP contribution in [-0.4, -0.2) is 11.6 Å². The Hall–Kier alpha value is -1.58. The maximum atomic E-state index is 11.3. The second-order valence-electron chi connectivity index (χ2n) is 3.33. The van der Waals surface area contributed by atoms with Crippen LogP contribution in [0.1, 0.15) is 31.3 Å². The maximum Gasteiger partial charge on any atom is 0.307 e. The summed E-state index contributed by atoms with van der Waals surface area (Å²) < 4.78 is 4.91. The summed E-state index contributed by atoms with van der Waals surface area (Å²) in [6.07, 6.45) is 1.45. The van der Waals surface area contributed by atoms with Crippen molar-refractivity contribution >= 4 is 11.6 Å². The molecule has 4 nitrogen and oxygen atoms in total. The van der Waals surface area contributed by atoms with Gasteiger partial charge in [-0.15, -0.1) is 0 Å². The van der Waals surface area contributed by atoms with Gasteiger partial charge in [-0.1, -0.05) is 13.8 Å². The number of carbonyl (C=O) groups excluding carboxylic acids is 1. The van der Waals surface area contributed by atoms with Gasteiger partial charge in [0.2, 0.25) is 0 Å². The maximum absolute atomic E-state index is 11.3. The van der Waals surface area contributed by atoms with Gasteiger partial charge >= 0.3 is 5.91 Å². The van der Waals surface area contributed by atoms with Crippen LogP contribution in [-0.2, 0) is 0 Å². The molecule has 1 N–H and O–H groups in total. The molecule has 0 saturated heterocycles. The van der Waals surface area contributed by atoms with Gasteiger partial charge in [0, 0.05) is 5.71 Å². The van der Waals surface area contributed by atoms with Crippen molar-refractivity contribution in [3.8, 4) is 0 Å². The molecule has 0 aliphatic carbocycles. The molecule has 0 bridgehead atoms. The van der Waals surface area contributed by atoms with Crippen LogP contribution in [0.5, 0.6) is 0 Å². The van der Waals surface area contributed by atoms with Crippen LogP contribution in [0.4, 0.5) is 0 Å². The molecule has 0 radical (unpaired) electrons. The van der Waals surface area contributed by atoms with Crippen LogP contribution in [0.3, 0.4) is 0 Å². The van der Waals surface area contributed by atoms with Crippen molar-refractivity contribution in [2.45, 2.75) is 20.8 Å². The zero-order valence-electron chi connectivity index (χ0n) is 8.57. The van der Waals surface area contributed by atoms with E-state index < -0.39 is 0 Å². The van der Waals surface area contributed by atoms with E-state index in [9.17, 15) is 4.79 Å². The number of hydrogen-bond acceptors (Lipinski definition) is 3. The predicted molar refractivity (Wildman–Crippen MR) is 54.1 cm³/mol. The van der Waals surface area contributed by atoms with Gasteiger partial charge in [-0.2, -0.15) is 5.10 Å². The third kappa shape index (κ3) is 2.73. The van der Waals surface area contributed by atoms with E-state index in [1.807, 2.05) is 20.8 Å². The molecule has 0 aromatic carbocycles. The largest absolute Gasteiger partial charge is 0.459 e. The van der Waals surface area contributed by atoms with Gasteiger partial charge in [0.05, 0.1) is 6.26 Å². The second-order valence-corrected chi connectivity index (χ2v) is 3.33. The van der Waals surface area contributed by atoms with Crippen molar-refractivity contribution in [3.63, 3.8) is 0 Å².